The number of amides is 1. The zero-order valence-electron chi connectivity index (χ0n) is 7.58. The lowest BCUT2D eigenvalue weighted by atomic mass is 10.1. The Morgan fingerprint density at radius 1 is 1.38 bits per heavy atom. The van der Waals surface area contributed by atoms with E-state index >= 15 is 0 Å². The highest BCUT2D eigenvalue weighted by molar-refractivity contribution is 5.78. The third-order valence-corrected chi connectivity index (χ3v) is 1.92. The van der Waals surface area contributed by atoms with Gasteiger partial charge >= 0.3 is 0 Å². The SMILES string of the molecule is CNC(=O)Cc1ccccc1CO. The summed E-state index contributed by atoms with van der Waals surface area (Å²) in [7, 11) is 1.60. The van der Waals surface area contributed by atoms with Crippen LogP contribution in [0.3, 0.4) is 0 Å². The molecule has 0 spiro atoms. The quantitative estimate of drug-likeness (QED) is 0.708. The van der Waals surface area contributed by atoms with Gasteiger partial charge in [0.2, 0.25) is 5.91 Å². The van der Waals surface area contributed by atoms with Gasteiger partial charge in [-0.1, -0.05) is 24.3 Å². The van der Waals surface area contributed by atoms with Crippen LogP contribution in [0.25, 0.3) is 0 Å². The molecule has 0 aromatic heterocycles. The van der Waals surface area contributed by atoms with Crippen LogP contribution in [0.1, 0.15) is 11.1 Å². The van der Waals surface area contributed by atoms with Gasteiger partial charge in [0.25, 0.3) is 0 Å². The molecular weight excluding hydrogens is 166 g/mol. The van der Waals surface area contributed by atoms with Crippen LogP contribution in [0.5, 0.6) is 0 Å². The van der Waals surface area contributed by atoms with Gasteiger partial charge in [0, 0.05) is 7.05 Å². The summed E-state index contributed by atoms with van der Waals surface area (Å²) in [6, 6.07) is 7.37. The monoisotopic (exact) mass is 179 g/mol. The summed E-state index contributed by atoms with van der Waals surface area (Å²) in [4.78, 5) is 11.1. The maximum absolute atomic E-state index is 11.1. The topological polar surface area (TPSA) is 49.3 Å². The molecule has 2 N–H and O–H groups in total. The van der Waals surface area contributed by atoms with E-state index in [4.69, 9.17) is 5.11 Å². The van der Waals surface area contributed by atoms with Gasteiger partial charge in [0.15, 0.2) is 0 Å². The average Bonchev–Trinajstić information content (AvgIpc) is 2.18. The van der Waals surface area contributed by atoms with E-state index in [1.54, 1.807) is 7.05 Å². The number of rotatable bonds is 3. The summed E-state index contributed by atoms with van der Waals surface area (Å²) in [5, 5.41) is 11.5. The van der Waals surface area contributed by atoms with Crippen LogP contribution in [0.4, 0.5) is 0 Å². The van der Waals surface area contributed by atoms with Crippen molar-refractivity contribution in [1.82, 2.24) is 5.32 Å². The van der Waals surface area contributed by atoms with Crippen molar-refractivity contribution in [3.05, 3.63) is 35.4 Å². The fourth-order valence-corrected chi connectivity index (χ4v) is 1.15. The van der Waals surface area contributed by atoms with Gasteiger partial charge in [-0.15, -0.1) is 0 Å². The largest absolute Gasteiger partial charge is 0.392 e. The molecule has 0 atom stereocenters. The summed E-state index contributed by atoms with van der Waals surface area (Å²) in [5.41, 5.74) is 1.69. The third kappa shape index (κ3) is 2.56. The maximum atomic E-state index is 11.1. The molecule has 1 aromatic carbocycles. The summed E-state index contributed by atoms with van der Waals surface area (Å²) < 4.78 is 0. The molecule has 0 aliphatic rings. The average molecular weight is 179 g/mol. The smallest absolute Gasteiger partial charge is 0.224 e. The maximum Gasteiger partial charge on any atom is 0.224 e. The van der Waals surface area contributed by atoms with E-state index in [0.29, 0.717) is 6.42 Å². The van der Waals surface area contributed by atoms with Gasteiger partial charge in [-0.2, -0.15) is 0 Å². The first-order chi connectivity index (χ1) is 6.27. The Kier molecular flexibility index (Phi) is 3.46. The van der Waals surface area contributed by atoms with Crippen LogP contribution in [0.15, 0.2) is 24.3 Å². The highest BCUT2D eigenvalue weighted by Gasteiger charge is 2.04. The minimum atomic E-state index is -0.0408. The number of hydrogen-bond acceptors (Lipinski definition) is 2. The molecule has 0 heterocycles. The lowest BCUT2D eigenvalue weighted by Crippen LogP contribution is -2.20. The standard InChI is InChI=1S/C10H13NO2/c1-11-10(13)6-8-4-2-3-5-9(8)7-12/h2-5,12H,6-7H2,1H3,(H,11,13). The van der Waals surface area contributed by atoms with Gasteiger partial charge in [-0.05, 0) is 11.1 Å². The second-order valence-electron chi connectivity index (χ2n) is 2.78. The predicted molar refractivity (Wildman–Crippen MR) is 50.1 cm³/mol. The van der Waals surface area contributed by atoms with E-state index in [1.807, 2.05) is 24.3 Å². The van der Waals surface area contributed by atoms with Crippen molar-refractivity contribution in [2.24, 2.45) is 0 Å². The lowest BCUT2D eigenvalue weighted by molar-refractivity contribution is -0.119. The molecule has 1 rings (SSSR count). The zero-order valence-corrected chi connectivity index (χ0v) is 7.58. The van der Waals surface area contributed by atoms with Crippen molar-refractivity contribution < 1.29 is 9.90 Å². The van der Waals surface area contributed by atoms with Gasteiger partial charge < -0.3 is 10.4 Å². The van der Waals surface area contributed by atoms with Gasteiger partial charge in [-0.25, -0.2) is 0 Å². The summed E-state index contributed by atoms with van der Waals surface area (Å²) in [5.74, 6) is -0.0408. The molecule has 0 aliphatic heterocycles. The van der Waals surface area contributed by atoms with Crippen LogP contribution in [0, 0.1) is 0 Å². The molecule has 3 heteroatoms. The Hall–Kier alpha value is -1.35. The number of likely N-dealkylation sites (N-methyl/N-ethyl adjacent to an activating group) is 1. The van der Waals surface area contributed by atoms with Crippen molar-refractivity contribution in [2.75, 3.05) is 7.05 Å². The van der Waals surface area contributed by atoms with E-state index in [2.05, 4.69) is 5.32 Å². The van der Waals surface area contributed by atoms with Gasteiger partial charge in [0.1, 0.15) is 0 Å². The first kappa shape index (κ1) is 9.74. The minimum absolute atomic E-state index is 0.0207. The van der Waals surface area contributed by atoms with Crippen molar-refractivity contribution in [2.45, 2.75) is 13.0 Å². The first-order valence-corrected chi connectivity index (χ1v) is 4.16. The minimum Gasteiger partial charge on any atom is -0.392 e. The fraction of sp³-hybridized carbons (Fsp3) is 0.300. The number of carbonyl (C=O) groups excluding carboxylic acids is 1. The number of hydrogen-bond donors (Lipinski definition) is 2. The zero-order chi connectivity index (χ0) is 9.68. The third-order valence-electron chi connectivity index (χ3n) is 1.92. The number of benzene rings is 1. The van der Waals surface area contributed by atoms with E-state index in [1.165, 1.54) is 0 Å². The lowest BCUT2D eigenvalue weighted by Gasteiger charge is -2.05. The molecule has 0 bridgehead atoms. The molecule has 0 radical (unpaired) electrons. The van der Waals surface area contributed by atoms with E-state index in [-0.39, 0.29) is 12.5 Å². The number of carbonyl (C=O) groups is 1. The van der Waals surface area contributed by atoms with Crippen LogP contribution >= 0.6 is 0 Å². The molecule has 0 fully saturated rings. The second kappa shape index (κ2) is 4.62. The van der Waals surface area contributed by atoms with Crippen LogP contribution in [-0.2, 0) is 17.8 Å². The Morgan fingerprint density at radius 2 is 2.00 bits per heavy atom. The molecule has 70 valence electrons. The predicted octanol–water partition coefficient (Wildman–Crippen LogP) is 0.467. The summed E-state index contributed by atoms with van der Waals surface area (Å²) in [6.07, 6.45) is 0.327. The molecular formula is C10H13NO2. The van der Waals surface area contributed by atoms with Gasteiger partial charge in [0.05, 0.1) is 13.0 Å². The molecule has 0 unspecified atom stereocenters. The van der Waals surface area contributed by atoms with Crippen molar-refractivity contribution in [3.8, 4) is 0 Å². The van der Waals surface area contributed by atoms with Crippen LogP contribution in [-0.4, -0.2) is 18.1 Å². The number of aliphatic hydroxyl groups excluding tert-OH is 1. The second-order valence-corrected chi connectivity index (χ2v) is 2.78. The van der Waals surface area contributed by atoms with Crippen molar-refractivity contribution in [3.63, 3.8) is 0 Å². The molecule has 0 aliphatic carbocycles. The fourth-order valence-electron chi connectivity index (χ4n) is 1.15. The van der Waals surface area contributed by atoms with E-state index in [0.717, 1.165) is 11.1 Å². The van der Waals surface area contributed by atoms with Crippen molar-refractivity contribution >= 4 is 5.91 Å². The Bertz CT molecular complexity index is 297. The molecule has 0 saturated heterocycles. The van der Waals surface area contributed by atoms with E-state index < -0.39 is 0 Å². The molecule has 0 saturated carbocycles. The molecule has 1 amide bonds. The highest BCUT2D eigenvalue weighted by atomic mass is 16.3. The van der Waals surface area contributed by atoms with Crippen LogP contribution < -0.4 is 5.32 Å². The first-order valence-electron chi connectivity index (χ1n) is 4.16. The number of nitrogens with one attached hydrogen (secondary N) is 1. The summed E-state index contributed by atoms with van der Waals surface area (Å²) >= 11 is 0. The number of aliphatic hydroxyl groups is 1. The molecule has 3 nitrogen and oxygen atoms in total. The highest BCUT2D eigenvalue weighted by Crippen LogP contribution is 2.08. The Balaban J connectivity index is 2.81. The Labute approximate surface area is 77.4 Å². The Morgan fingerprint density at radius 3 is 2.54 bits per heavy atom. The van der Waals surface area contributed by atoms with Crippen LogP contribution in [0.2, 0.25) is 0 Å². The van der Waals surface area contributed by atoms with Crippen molar-refractivity contribution in [1.29, 1.82) is 0 Å². The van der Waals surface area contributed by atoms with E-state index in [9.17, 15) is 4.79 Å². The molecule has 1 aromatic rings. The molecule has 13 heavy (non-hydrogen) atoms. The normalized spacial score (nSPS) is 9.69. The summed E-state index contributed by atoms with van der Waals surface area (Å²) in [6.45, 7) is -0.0207. The van der Waals surface area contributed by atoms with Gasteiger partial charge in [-0.3, -0.25) is 4.79 Å².